The summed E-state index contributed by atoms with van der Waals surface area (Å²) >= 11 is 0. The summed E-state index contributed by atoms with van der Waals surface area (Å²) < 4.78 is 16.8. The summed E-state index contributed by atoms with van der Waals surface area (Å²) in [6, 6.07) is 8.91. The van der Waals surface area contributed by atoms with E-state index >= 15 is 0 Å². The van der Waals surface area contributed by atoms with Crippen molar-refractivity contribution in [3.8, 4) is 39.8 Å². The Morgan fingerprint density at radius 1 is 1.08 bits per heavy atom. The maximum atomic E-state index is 13.2. The van der Waals surface area contributed by atoms with Gasteiger partial charge in [-0.05, 0) is 36.6 Å². The van der Waals surface area contributed by atoms with E-state index in [0.717, 1.165) is 18.4 Å². The smallest absolute Gasteiger partial charge is 0.264 e. The Morgan fingerprint density at radius 3 is 2.46 bits per heavy atom. The largest absolute Gasteiger partial charge is 0.506 e. The van der Waals surface area contributed by atoms with Crippen molar-refractivity contribution in [3.63, 3.8) is 0 Å². The normalized spacial score (nSPS) is 10.9. The molecule has 0 aliphatic rings. The van der Waals surface area contributed by atoms with Gasteiger partial charge in [-0.15, -0.1) is 10.2 Å². The number of rotatable bonds is 11. The number of aromatic nitrogens is 4. The number of ether oxygens (including phenoxy) is 2. The van der Waals surface area contributed by atoms with Crippen LogP contribution in [0.3, 0.4) is 0 Å². The van der Waals surface area contributed by atoms with Crippen molar-refractivity contribution in [3.05, 3.63) is 70.2 Å². The van der Waals surface area contributed by atoms with Crippen molar-refractivity contribution in [2.24, 2.45) is 0 Å². The molecule has 204 valence electrons. The zero-order valence-corrected chi connectivity index (χ0v) is 22.4. The molecule has 3 heterocycles. The third-order valence-corrected chi connectivity index (χ3v) is 6.28. The SMILES string of the molecule is CCCCc1[nH]c(=O)c(-c2nnc(CC(=O)N(C)Cc3cccnc3)o2)c(O)c1-c1c(OC)cccc1OC. The van der Waals surface area contributed by atoms with Gasteiger partial charge in [-0.3, -0.25) is 14.6 Å². The summed E-state index contributed by atoms with van der Waals surface area (Å²) in [5.41, 5.74) is 1.44. The molecule has 0 saturated carbocycles. The van der Waals surface area contributed by atoms with Crippen LogP contribution < -0.4 is 15.0 Å². The summed E-state index contributed by atoms with van der Waals surface area (Å²) in [6.45, 7) is 2.39. The van der Waals surface area contributed by atoms with Gasteiger partial charge in [0.25, 0.3) is 11.4 Å². The minimum atomic E-state index is -0.591. The quantitative estimate of drug-likeness (QED) is 0.294. The fourth-order valence-corrected chi connectivity index (χ4v) is 4.29. The standard InChI is InChI=1S/C28H31N5O6/c1-5-6-10-18-23(24-19(37-3)11-7-12-20(24)38-4)26(35)25(27(36)30-18)28-32-31-21(39-28)14-22(34)33(2)16-17-9-8-13-29-15-17/h7-9,11-13,15H,5-6,10,14,16H2,1-4H3,(H2,30,35,36). The number of amides is 1. The Hall–Kier alpha value is -4.67. The lowest BCUT2D eigenvalue weighted by Gasteiger charge is -2.18. The number of aryl methyl sites for hydroxylation is 1. The fourth-order valence-electron chi connectivity index (χ4n) is 4.29. The molecular formula is C28H31N5O6. The number of nitrogens with one attached hydrogen (secondary N) is 1. The number of H-pyrrole nitrogens is 1. The number of hydrogen-bond donors (Lipinski definition) is 2. The molecule has 11 heteroatoms. The van der Waals surface area contributed by atoms with E-state index in [4.69, 9.17) is 13.9 Å². The number of benzene rings is 1. The van der Waals surface area contributed by atoms with Gasteiger partial charge in [0.05, 0.1) is 25.3 Å². The van der Waals surface area contributed by atoms with Crippen LogP contribution >= 0.6 is 0 Å². The first kappa shape index (κ1) is 27.4. The molecule has 1 aromatic carbocycles. The van der Waals surface area contributed by atoms with Crippen molar-refractivity contribution >= 4 is 5.91 Å². The number of unbranched alkanes of at least 4 members (excludes halogenated alkanes) is 1. The zero-order valence-electron chi connectivity index (χ0n) is 22.4. The third-order valence-electron chi connectivity index (χ3n) is 6.28. The number of methoxy groups -OCH3 is 2. The molecular weight excluding hydrogens is 502 g/mol. The zero-order chi connectivity index (χ0) is 27.9. The van der Waals surface area contributed by atoms with Crippen LogP contribution in [0.5, 0.6) is 17.2 Å². The molecule has 0 atom stereocenters. The van der Waals surface area contributed by atoms with E-state index in [9.17, 15) is 14.7 Å². The van der Waals surface area contributed by atoms with Gasteiger partial charge in [0, 0.05) is 31.7 Å². The fraction of sp³-hybridized carbons (Fsp3) is 0.321. The topological polar surface area (TPSA) is 144 Å². The van der Waals surface area contributed by atoms with Crippen molar-refractivity contribution in [2.45, 2.75) is 39.2 Å². The van der Waals surface area contributed by atoms with E-state index in [-0.39, 0.29) is 35.4 Å². The highest BCUT2D eigenvalue weighted by atomic mass is 16.5. The lowest BCUT2D eigenvalue weighted by atomic mass is 9.96. The maximum Gasteiger partial charge on any atom is 0.264 e. The molecule has 1 amide bonds. The van der Waals surface area contributed by atoms with E-state index in [0.29, 0.717) is 41.3 Å². The van der Waals surface area contributed by atoms with Crippen LogP contribution in [0.1, 0.15) is 36.9 Å². The van der Waals surface area contributed by atoms with E-state index in [2.05, 4.69) is 20.2 Å². The molecule has 0 aliphatic heterocycles. The number of carbonyl (C=O) groups excluding carboxylic acids is 1. The Balaban J connectivity index is 1.72. The Bertz CT molecular complexity index is 1480. The number of pyridine rings is 2. The summed E-state index contributed by atoms with van der Waals surface area (Å²) in [5, 5.41) is 19.4. The van der Waals surface area contributed by atoms with E-state index in [1.165, 1.54) is 19.1 Å². The number of hydrogen-bond acceptors (Lipinski definition) is 9. The first-order valence-corrected chi connectivity index (χ1v) is 12.5. The van der Waals surface area contributed by atoms with Gasteiger partial charge in [-0.1, -0.05) is 25.5 Å². The first-order valence-electron chi connectivity index (χ1n) is 12.5. The minimum Gasteiger partial charge on any atom is -0.506 e. The van der Waals surface area contributed by atoms with Gasteiger partial charge in [-0.25, -0.2) is 0 Å². The molecule has 0 saturated heterocycles. The molecule has 0 spiro atoms. The average Bonchev–Trinajstić information content (AvgIpc) is 3.39. The van der Waals surface area contributed by atoms with Crippen LogP contribution in [0.2, 0.25) is 0 Å². The molecule has 3 aromatic heterocycles. The second-order valence-corrected chi connectivity index (χ2v) is 8.96. The molecule has 0 bridgehead atoms. The molecule has 4 aromatic rings. The predicted octanol–water partition coefficient (Wildman–Crippen LogP) is 3.75. The highest BCUT2D eigenvalue weighted by Crippen LogP contribution is 2.46. The van der Waals surface area contributed by atoms with Crippen LogP contribution in [-0.4, -0.2) is 57.3 Å². The average molecular weight is 534 g/mol. The molecule has 2 N–H and O–H groups in total. The monoisotopic (exact) mass is 533 g/mol. The van der Waals surface area contributed by atoms with Crippen molar-refractivity contribution in [1.82, 2.24) is 25.1 Å². The van der Waals surface area contributed by atoms with Crippen LogP contribution in [0.25, 0.3) is 22.6 Å². The molecule has 0 aliphatic carbocycles. The van der Waals surface area contributed by atoms with Gasteiger partial charge in [0.1, 0.15) is 29.2 Å². The molecule has 0 radical (unpaired) electrons. The number of aromatic amines is 1. The Morgan fingerprint density at radius 2 is 1.82 bits per heavy atom. The molecule has 39 heavy (non-hydrogen) atoms. The molecule has 11 nitrogen and oxygen atoms in total. The second-order valence-electron chi connectivity index (χ2n) is 8.96. The van der Waals surface area contributed by atoms with E-state index < -0.39 is 5.56 Å². The number of carbonyl (C=O) groups is 1. The van der Waals surface area contributed by atoms with Crippen molar-refractivity contribution in [1.29, 1.82) is 0 Å². The first-order chi connectivity index (χ1) is 18.9. The Kier molecular flexibility index (Phi) is 8.60. The number of aromatic hydroxyl groups is 1. The van der Waals surface area contributed by atoms with E-state index in [1.807, 2.05) is 13.0 Å². The third kappa shape index (κ3) is 5.92. The lowest BCUT2D eigenvalue weighted by molar-refractivity contribution is -0.130. The summed E-state index contributed by atoms with van der Waals surface area (Å²) in [6.07, 6.45) is 5.32. The van der Waals surface area contributed by atoms with Crippen LogP contribution in [0, 0.1) is 0 Å². The predicted molar refractivity (Wildman–Crippen MR) is 144 cm³/mol. The highest BCUT2D eigenvalue weighted by Gasteiger charge is 2.27. The van der Waals surface area contributed by atoms with Crippen molar-refractivity contribution in [2.75, 3.05) is 21.3 Å². The molecule has 4 rings (SSSR count). The Labute approximate surface area is 225 Å². The van der Waals surface area contributed by atoms with Gasteiger partial charge >= 0.3 is 0 Å². The van der Waals surface area contributed by atoms with E-state index in [1.54, 1.807) is 43.7 Å². The number of nitrogens with zero attached hydrogens (tertiary/aromatic N) is 4. The molecule has 0 unspecified atom stereocenters. The minimum absolute atomic E-state index is 0.0123. The van der Waals surface area contributed by atoms with Crippen LogP contribution in [0.4, 0.5) is 0 Å². The maximum absolute atomic E-state index is 13.2. The summed E-state index contributed by atoms with van der Waals surface area (Å²) in [5.74, 6) is 0.106. The highest BCUT2D eigenvalue weighted by molar-refractivity contribution is 5.87. The van der Waals surface area contributed by atoms with Crippen LogP contribution in [0.15, 0.2) is 51.9 Å². The van der Waals surface area contributed by atoms with Crippen molar-refractivity contribution < 1.29 is 23.8 Å². The van der Waals surface area contributed by atoms with Crippen LogP contribution in [-0.2, 0) is 24.2 Å². The molecule has 0 fully saturated rings. The van der Waals surface area contributed by atoms with Gasteiger partial charge in [0.2, 0.25) is 11.8 Å². The second kappa shape index (κ2) is 12.2. The number of likely N-dealkylation sites (N-methyl/N-ethyl adjacent to an activating group) is 1. The van der Waals surface area contributed by atoms with Gasteiger partial charge in [-0.2, -0.15) is 0 Å². The lowest BCUT2D eigenvalue weighted by Crippen LogP contribution is -2.27. The summed E-state index contributed by atoms with van der Waals surface area (Å²) in [7, 11) is 4.69. The van der Waals surface area contributed by atoms with Gasteiger partial charge < -0.3 is 28.9 Å². The van der Waals surface area contributed by atoms with Gasteiger partial charge in [0.15, 0.2) is 0 Å². The summed E-state index contributed by atoms with van der Waals surface area (Å²) in [4.78, 5) is 34.4.